The molecule has 0 aromatic carbocycles. The Hall–Kier alpha value is -0.0800. The zero-order chi connectivity index (χ0) is 11.7. The van der Waals surface area contributed by atoms with E-state index in [1.54, 1.807) is 0 Å². The molecule has 0 aliphatic carbocycles. The Morgan fingerprint density at radius 1 is 1.07 bits per heavy atom. The molecular formula is C13H29NO. The third kappa shape index (κ3) is 13.9. The van der Waals surface area contributed by atoms with Gasteiger partial charge in [0.15, 0.2) is 0 Å². The fourth-order valence-electron chi connectivity index (χ4n) is 1.29. The van der Waals surface area contributed by atoms with E-state index in [1.165, 1.54) is 19.3 Å². The lowest BCUT2D eigenvalue weighted by atomic mass is 10.1. The number of rotatable bonds is 8. The van der Waals surface area contributed by atoms with Gasteiger partial charge in [-0.15, -0.1) is 0 Å². The SMILES string of the molecule is CC(C)COCCCCCNC(C)(C)C. The van der Waals surface area contributed by atoms with E-state index in [1.807, 2.05) is 0 Å². The van der Waals surface area contributed by atoms with Crippen LogP contribution in [0, 0.1) is 5.92 Å². The molecule has 0 unspecified atom stereocenters. The van der Waals surface area contributed by atoms with Crippen LogP contribution in [0.25, 0.3) is 0 Å². The minimum Gasteiger partial charge on any atom is -0.381 e. The van der Waals surface area contributed by atoms with Crippen LogP contribution in [0.3, 0.4) is 0 Å². The number of nitrogens with one attached hydrogen (secondary N) is 1. The van der Waals surface area contributed by atoms with Crippen LogP contribution >= 0.6 is 0 Å². The van der Waals surface area contributed by atoms with Gasteiger partial charge in [0.05, 0.1) is 0 Å². The zero-order valence-corrected chi connectivity index (χ0v) is 11.2. The molecule has 0 rings (SSSR count). The van der Waals surface area contributed by atoms with E-state index in [0.29, 0.717) is 5.92 Å². The molecule has 0 aromatic rings. The molecule has 0 atom stereocenters. The maximum atomic E-state index is 5.52. The highest BCUT2D eigenvalue weighted by Crippen LogP contribution is 2.01. The highest BCUT2D eigenvalue weighted by atomic mass is 16.5. The summed E-state index contributed by atoms with van der Waals surface area (Å²) >= 11 is 0. The van der Waals surface area contributed by atoms with Gasteiger partial charge < -0.3 is 10.1 Å². The summed E-state index contributed by atoms with van der Waals surface area (Å²) in [7, 11) is 0. The lowest BCUT2D eigenvalue weighted by Crippen LogP contribution is -2.36. The fraction of sp³-hybridized carbons (Fsp3) is 1.00. The summed E-state index contributed by atoms with van der Waals surface area (Å²) in [5.41, 5.74) is 0.258. The molecule has 0 fully saturated rings. The highest BCUT2D eigenvalue weighted by molar-refractivity contribution is 4.69. The topological polar surface area (TPSA) is 21.3 Å². The quantitative estimate of drug-likeness (QED) is 0.628. The molecule has 2 heteroatoms. The van der Waals surface area contributed by atoms with Crippen molar-refractivity contribution in [3.8, 4) is 0 Å². The molecule has 0 spiro atoms. The predicted molar refractivity (Wildman–Crippen MR) is 67.3 cm³/mol. The fourth-order valence-corrected chi connectivity index (χ4v) is 1.29. The molecular weight excluding hydrogens is 186 g/mol. The van der Waals surface area contributed by atoms with E-state index < -0.39 is 0 Å². The van der Waals surface area contributed by atoms with Gasteiger partial charge in [0.2, 0.25) is 0 Å². The Labute approximate surface area is 95.8 Å². The van der Waals surface area contributed by atoms with Gasteiger partial charge in [-0.3, -0.25) is 0 Å². The number of unbranched alkanes of at least 4 members (excludes halogenated alkanes) is 2. The van der Waals surface area contributed by atoms with Crippen LogP contribution in [0.15, 0.2) is 0 Å². The standard InChI is InChI=1S/C13H29NO/c1-12(2)11-15-10-8-6-7-9-14-13(3,4)5/h12,14H,6-11H2,1-5H3. The summed E-state index contributed by atoms with van der Waals surface area (Å²) in [5.74, 6) is 0.660. The summed E-state index contributed by atoms with van der Waals surface area (Å²) < 4.78 is 5.52. The van der Waals surface area contributed by atoms with Crippen molar-refractivity contribution in [3.05, 3.63) is 0 Å². The average Bonchev–Trinajstić information content (AvgIpc) is 2.07. The number of hydrogen-bond acceptors (Lipinski definition) is 2. The summed E-state index contributed by atoms with van der Waals surface area (Å²) in [6.45, 7) is 13.9. The van der Waals surface area contributed by atoms with E-state index in [0.717, 1.165) is 19.8 Å². The molecule has 0 saturated carbocycles. The molecule has 0 bridgehead atoms. The molecule has 1 N–H and O–H groups in total. The molecule has 0 heterocycles. The summed E-state index contributed by atoms with van der Waals surface area (Å²) in [6, 6.07) is 0. The zero-order valence-electron chi connectivity index (χ0n) is 11.2. The van der Waals surface area contributed by atoms with Crippen LogP contribution < -0.4 is 5.32 Å². The third-order valence-corrected chi connectivity index (χ3v) is 2.07. The molecule has 2 nitrogen and oxygen atoms in total. The van der Waals surface area contributed by atoms with Gasteiger partial charge in [0.1, 0.15) is 0 Å². The lowest BCUT2D eigenvalue weighted by molar-refractivity contribution is 0.106. The van der Waals surface area contributed by atoms with Crippen LogP contribution in [0.1, 0.15) is 53.9 Å². The molecule has 15 heavy (non-hydrogen) atoms. The van der Waals surface area contributed by atoms with Crippen LogP contribution in [-0.2, 0) is 4.74 Å². The van der Waals surface area contributed by atoms with E-state index in [9.17, 15) is 0 Å². The maximum absolute atomic E-state index is 5.52. The van der Waals surface area contributed by atoms with E-state index in [-0.39, 0.29) is 5.54 Å². The second-order valence-electron chi connectivity index (χ2n) is 5.71. The van der Waals surface area contributed by atoms with Crippen molar-refractivity contribution in [1.29, 1.82) is 0 Å². The van der Waals surface area contributed by atoms with Crippen LogP contribution in [0.5, 0.6) is 0 Å². The Morgan fingerprint density at radius 2 is 1.73 bits per heavy atom. The number of hydrogen-bond donors (Lipinski definition) is 1. The first-order valence-electron chi connectivity index (χ1n) is 6.24. The van der Waals surface area contributed by atoms with Crippen LogP contribution in [0.2, 0.25) is 0 Å². The van der Waals surface area contributed by atoms with Gasteiger partial charge in [-0.2, -0.15) is 0 Å². The Morgan fingerprint density at radius 3 is 2.27 bits per heavy atom. The normalized spacial score (nSPS) is 12.4. The highest BCUT2D eigenvalue weighted by Gasteiger charge is 2.06. The summed E-state index contributed by atoms with van der Waals surface area (Å²) in [5, 5.41) is 3.49. The van der Waals surface area contributed by atoms with Crippen molar-refractivity contribution in [1.82, 2.24) is 5.32 Å². The molecule has 0 saturated heterocycles. The maximum Gasteiger partial charge on any atom is 0.0488 e. The van der Waals surface area contributed by atoms with E-state index in [2.05, 4.69) is 39.9 Å². The monoisotopic (exact) mass is 215 g/mol. The van der Waals surface area contributed by atoms with Crippen molar-refractivity contribution in [2.75, 3.05) is 19.8 Å². The first kappa shape index (κ1) is 14.9. The van der Waals surface area contributed by atoms with Crippen molar-refractivity contribution in [2.24, 2.45) is 5.92 Å². The van der Waals surface area contributed by atoms with Gasteiger partial charge >= 0.3 is 0 Å². The van der Waals surface area contributed by atoms with Crippen LogP contribution in [-0.4, -0.2) is 25.3 Å². The van der Waals surface area contributed by atoms with E-state index in [4.69, 9.17) is 4.74 Å². The second kappa shape index (κ2) is 8.12. The molecule has 0 radical (unpaired) electrons. The minimum atomic E-state index is 0.258. The third-order valence-electron chi connectivity index (χ3n) is 2.07. The molecule has 0 aliphatic heterocycles. The minimum absolute atomic E-state index is 0.258. The first-order chi connectivity index (χ1) is 6.92. The first-order valence-corrected chi connectivity index (χ1v) is 6.24. The van der Waals surface area contributed by atoms with Gasteiger partial charge in [-0.25, -0.2) is 0 Å². The molecule has 92 valence electrons. The average molecular weight is 215 g/mol. The van der Waals surface area contributed by atoms with Crippen molar-refractivity contribution >= 4 is 0 Å². The van der Waals surface area contributed by atoms with E-state index >= 15 is 0 Å². The number of ether oxygens (including phenoxy) is 1. The lowest BCUT2D eigenvalue weighted by Gasteiger charge is -2.20. The Kier molecular flexibility index (Phi) is 8.07. The summed E-state index contributed by atoms with van der Waals surface area (Å²) in [6.07, 6.45) is 3.71. The Balaban J connectivity index is 3.06. The summed E-state index contributed by atoms with van der Waals surface area (Å²) in [4.78, 5) is 0. The van der Waals surface area contributed by atoms with Crippen LogP contribution in [0.4, 0.5) is 0 Å². The molecule has 0 amide bonds. The largest absolute Gasteiger partial charge is 0.381 e. The predicted octanol–water partition coefficient (Wildman–Crippen LogP) is 3.22. The smallest absolute Gasteiger partial charge is 0.0488 e. The van der Waals surface area contributed by atoms with Crippen molar-refractivity contribution in [2.45, 2.75) is 59.4 Å². The Bertz CT molecular complexity index is 138. The van der Waals surface area contributed by atoms with Gasteiger partial charge in [-0.1, -0.05) is 13.8 Å². The van der Waals surface area contributed by atoms with Crippen molar-refractivity contribution < 1.29 is 4.74 Å². The van der Waals surface area contributed by atoms with Crippen molar-refractivity contribution in [3.63, 3.8) is 0 Å². The molecule has 0 aliphatic rings. The molecule has 0 aromatic heterocycles. The van der Waals surface area contributed by atoms with Gasteiger partial charge in [0.25, 0.3) is 0 Å². The van der Waals surface area contributed by atoms with Gasteiger partial charge in [-0.05, 0) is 52.5 Å². The van der Waals surface area contributed by atoms with Gasteiger partial charge in [0, 0.05) is 18.8 Å². The second-order valence-corrected chi connectivity index (χ2v) is 5.71.